The predicted octanol–water partition coefficient (Wildman–Crippen LogP) is 3.26. The summed E-state index contributed by atoms with van der Waals surface area (Å²) in [6.45, 7) is -0.319. The summed E-state index contributed by atoms with van der Waals surface area (Å²) in [6, 6.07) is 13.8. The quantitative estimate of drug-likeness (QED) is 0.910. The third kappa shape index (κ3) is 5.06. The highest BCUT2D eigenvalue weighted by Gasteiger charge is 2.10. The van der Waals surface area contributed by atoms with Crippen molar-refractivity contribution in [3.63, 3.8) is 0 Å². The summed E-state index contributed by atoms with van der Waals surface area (Å²) in [5.74, 6) is -0.645. The lowest BCUT2D eigenvalue weighted by molar-refractivity contribution is -0.131. The van der Waals surface area contributed by atoms with Gasteiger partial charge in [0.25, 0.3) is 5.91 Å². The van der Waals surface area contributed by atoms with Crippen molar-refractivity contribution in [1.29, 1.82) is 0 Å². The molecule has 0 spiro atoms. The van der Waals surface area contributed by atoms with Gasteiger partial charge >= 0.3 is 0 Å². The number of amides is 2. The highest BCUT2D eigenvalue weighted by Crippen LogP contribution is 2.27. The van der Waals surface area contributed by atoms with Crippen LogP contribution in [0.25, 0.3) is 0 Å². The lowest BCUT2D eigenvalue weighted by atomic mass is 10.1. The van der Waals surface area contributed by atoms with Crippen molar-refractivity contribution in [3.05, 3.63) is 64.1 Å². The van der Waals surface area contributed by atoms with Crippen LogP contribution in [0.15, 0.2) is 48.5 Å². The first-order valence-corrected chi connectivity index (χ1v) is 7.24. The number of nitrogens with one attached hydrogen (secondary N) is 1. The molecule has 0 aromatic heterocycles. The van der Waals surface area contributed by atoms with Crippen molar-refractivity contribution in [1.82, 2.24) is 5.32 Å². The second-order valence-corrected chi connectivity index (χ2v) is 5.34. The third-order valence-corrected chi connectivity index (χ3v) is 3.29. The number of rotatable bonds is 5. The maximum absolute atomic E-state index is 11.7. The standard InChI is InChI=1S/C16H13Cl2NO3/c17-12-6-7-13(18)14(9-12)22-10-16(21)19-15(20)8-11-4-2-1-3-5-11/h1-7,9H,8,10H2,(H,19,20,21). The maximum atomic E-state index is 11.7. The van der Waals surface area contributed by atoms with Gasteiger partial charge in [0.05, 0.1) is 11.4 Å². The van der Waals surface area contributed by atoms with Gasteiger partial charge < -0.3 is 4.74 Å². The number of imide groups is 1. The molecule has 1 N–H and O–H groups in total. The molecule has 4 nitrogen and oxygen atoms in total. The Morgan fingerprint density at radius 1 is 1.00 bits per heavy atom. The van der Waals surface area contributed by atoms with E-state index in [1.165, 1.54) is 6.07 Å². The Morgan fingerprint density at radius 3 is 2.45 bits per heavy atom. The first-order chi connectivity index (χ1) is 10.5. The zero-order valence-corrected chi connectivity index (χ0v) is 13.0. The Hall–Kier alpha value is -2.04. The number of carbonyl (C=O) groups excluding carboxylic acids is 2. The fraction of sp³-hybridized carbons (Fsp3) is 0.125. The molecule has 0 atom stereocenters. The van der Waals surface area contributed by atoms with Crippen molar-refractivity contribution >= 4 is 35.0 Å². The van der Waals surface area contributed by atoms with Crippen LogP contribution in [0.4, 0.5) is 0 Å². The molecular weight excluding hydrogens is 325 g/mol. The number of hydrogen-bond donors (Lipinski definition) is 1. The molecule has 0 saturated carbocycles. The lowest BCUT2D eigenvalue weighted by Crippen LogP contribution is -2.35. The predicted molar refractivity (Wildman–Crippen MR) is 85.3 cm³/mol. The maximum Gasteiger partial charge on any atom is 0.264 e. The number of carbonyl (C=O) groups is 2. The summed E-state index contributed by atoms with van der Waals surface area (Å²) in [7, 11) is 0. The van der Waals surface area contributed by atoms with E-state index in [4.69, 9.17) is 27.9 Å². The largest absolute Gasteiger partial charge is 0.482 e. The minimum Gasteiger partial charge on any atom is -0.482 e. The zero-order valence-electron chi connectivity index (χ0n) is 11.5. The lowest BCUT2D eigenvalue weighted by Gasteiger charge is -2.08. The van der Waals surface area contributed by atoms with Crippen LogP contribution in [-0.2, 0) is 16.0 Å². The van der Waals surface area contributed by atoms with Crippen molar-refractivity contribution in [3.8, 4) is 5.75 Å². The summed E-state index contributed by atoms with van der Waals surface area (Å²) < 4.78 is 5.25. The number of ether oxygens (including phenoxy) is 1. The Balaban J connectivity index is 1.83. The Bertz CT molecular complexity index is 674. The van der Waals surface area contributed by atoms with Crippen LogP contribution in [0.3, 0.4) is 0 Å². The number of hydrogen-bond acceptors (Lipinski definition) is 3. The molecular formula is C16H13Cl2NO3. The molecule has 0 aliphatic carbocycles. The molecule has 0 aliphatic rings. The molecule has 0 radical (unpaired) electrons. The third-order valence-electron chi connectivity index (χ3n) is 2.74. The van der Waals surface area contributed by atoms with Gasteiger partial charge in [-0.3, -0.25) is 14.9 Å². The van der Waals surface area contributed by atoms with E-state index in [-0.39, 0.29) is 13.0 Å². The second kappa shape index (κ2) is 7.82. The van der Waals surface area contributed by atoms with E-state index < -0.39 is 11.8 Å². The van der Waals surface area contributed by atoms with Crippen LogP contribution >= 0.6 is 23.2 Å². The summed E-state index contributed by atoms with van der Waals surface area (Å²) in [4.78, 5) is 23.4. The molecule has 0 bridgehead atoms. The van der Waals surface area contributed by atoms with Gasteiger partial charge in [-0.25, -0.2) is 0 Å². The van der Waals surface area contributed by atoms with Gasteiger partial charge in [-0.2, -0.15) is 0 Å². The highest BCUT2D eigenvalue weighted by atomic mass is 35.5. The van der Waals surface area contributed by atoms with Gasteiger partial charge in [-0.05, 0) is 17.7 Å². The molecule has 22 heavy (non-hydrogen) atoms. The van der Waals surface area contributed by atoms with Crippen LogP contribution in [-0.4, -0.2) is 18.4 Å². The molecule has 0 heterocycles. The fourth-order valence-electron chi connectivity index (χ4n) is 1.75. The van der Waals surface area contributed by atoms with E-state index in [1.807, 2.05) is 30.3 Å². The van der Waals surface area contributed by atoms with Gasteiger partial charge in [0, 0.05) is 11.1 Å². The Labute approximate surface area is 138 Å². The van der Waals surface area contributed by atoms with Crippen molar-refractivity contribution in [2.45, 2.75) is 6.42 Å². The van der Waals surface area contributed by atoms with Gasteiger partial charge in [0.2, 0.25) is 5.91 Å². The minimum absolute atomic E-state index is 0.129. The molecule has 0 aliphatic heterocycles. The molecule has 0 saturated heterocycles. The van der Waals surface area contributed by atoms with E-state index in [9.17, 15) is 9.59 Å². The van der Waals surface area contributed by atoms with Crippen LogP contribution < -0.4 is 10.1 Å². The Morgan fingerprint density at radius 2 is 1.73 bits per heavy atom. The topological polar surface area (TPSA) is 55.4 Å². The van der Waals surface area contributed by atoms with E-state index in [0.717, 1.165) is 5.56 Å². The minimum atomic E-state index is -0.544. The van der Waals surface area contributed by atoms with Crippen LogP contribution in [0.5, 0.6) is 5.75 Å². The summed E-state index contributed by atoms with van der Waals surface area (Å²) in [5, 5.41) is 3.04. The van der Waals surface area contributed by atoms with Crippen molar-refractivity contribution in [2.75, 3.05) is 6.61 Å². The van der Waals surface area contributed by atoms with E-state index in [0.29, 0.717) is 15.8 Å². The average Bonchev–Trinajstić information content (AvgIpc) is 2.49. The smallest absolute Gasteiger partial charge is 0.264 e. The van der Waals surface area contributed by atoms with Crippen molar-refractivity contribution < 1.29 is 14.3 Å². The first kappa shape index (κ1) is 16.3. The number of benzene rings is 2. The molecule has 2 aromatic rings. The summed E-state index contributed by atoms with van der Waals surface area (Å²) in [6.07, 6.45) is 0.129. The van der Waals surface area contributed by atoms with Gasteiger partial charge in [-0.1, -0.05) is 53.5 Å². The van der Waals surface area contributed by atoms with E-state index in [1.54, 1.807) is 12.1 Å². The molecule has 0 unspecified atom stereocenters. The molecule has 6 heteroatoms. The van der Waals surface area contributed by atoms with E-state index >= 15 is 0 Å². The first-order valence-electron chi connectivity index (χ1n) is 6.49. The average molecular weight is 338 g/mol. The second-order valence-electron chi connectivity index (χ2n) is 4.50. The molecule has 2 aromatic carbocycles. The van der Waals surface area contributed by atoms with Crippen LogP contribution in [0.2, 0.25) is 10.0 Å². The van der Waals surface area contributed by atoms with Gasteiger partial charge in [-0.15, -0.1) is 0 Å². The summed E-state index contributed by atoms with van der Waals surface area (Å²) >= 11 is 11.7. The normalized spacial score (nSPS) is 10.1. The van der Waals surface area contributed by atoms with Crippen molar-refractivity contribution in [2.24, 2.45) is 0 Å². The monoisotopic (exact) mass is 337 g/mol. The molecule has 2 amide bonds. The highest BCUT2D eigenvalue weighted by molar-refractivity contribution is 6.34. The molecule has 114 valence electrons. The zero-order chi connectivity index (χ0) is 15.9. The summed E-state index contributed by atoms with van der Waals surface area (Å²) in [5.41, 5.74) is 0.826. The number of halogens is 2. The van der Waals surface area contributed by atoms with Gasteiger partial charge in [0.1, 0.15) is 5.75 Å². The molecule has 2 rings (SSSR count). The SMILES string of the molecule is O=C(COc1cc(Cl)ccc1Cl)NC(=O)Cc1ccccc1. The van der Waals surface area contributed by atoms with Gasteiger partial charge in [0.15, 0.2) is 6.61 Å². The van der Waals surface area contributed by atoms with E-state index in [2.05, 4.69) is 5.32 Å². The Kier molecular flexibility index (Phi) is 5.81. The fourth-order valence-corrected chi connectivity index (χ4v) is 2.08. The molecule has 0 fully saturated rings. The van der Waals surface area contributed by atoms with Crippen LogP contribution in [0, 0.1) is 0 Å². The van der Waals surface area contributed by atoms with Crippen LogP contribution in [0.1, 0.15) is 5.56 Å².